The number of ether oxygens (including phenoxy) is 1. The third-order valence-electron chi connectivity index (χ3n) is 2.77. The standard InChI is InChI=1S/C14H21NO2/c1-12(16)7-4-5-10-15(2)13-8-6-9-14(11-13)17-3/h6,8-9,11H,4-5,7,10H2,1-3H3. The van der Waals surface area contributed by atoms with Crippen molar-refractivity contribution in [3.05, 3.63) is 24.3 Å². The molecule has 0 saturated carbocycles. The molecule has 0 aliphatic rings. The summed E-state index contributed by atoms with van der Waals surface area (Å²) < 4.78 is 5.19. The number of carbonyl (C=O) groups is 1. The van der Waals surface area contributed by atoms with Gasteiger partial charge in [0.2, 0.25) is 0 Å². The summed E-state index contributed by atoms with van der Waals surface area (Å²) in [6.45, 7) is 2.60. The molecule has 3 nitrogen and oxygen atoms in total. The maximum absolute atomic E-state index is 10.8. The highest BCUT2D eigenvalue weighted by atomic mass is 16.5. The van der Waals surface area contributed by atoms with Crippen LogP contribution >= 0.6 is 0 Å². The van der Waals surface area contributed by atoms with E-state index in [1.54, 1.807) is 14.0 Å². The molecule has 0 bridgehead atoms. The molecular weight excluding hydrogens is 214 g/mol. The molecule has 0 heterocycles. The van der Waals surface area contributed by atoms with Gasteiger partial charge in [-0.3, -0.25) is 0 Å². The summed E-state index contributed by atoms with van der Waals surface area (Å²) in [5, 5.41) is 0. The molecule has 94 valence electrons. The van der Waals surface area contributed by atoms with Crippen LogP contribution in [0, 0.1) is 0 Å². The third kappa shape index (κ3) is 4.89. The monoisotopic (exact) mass is 235 g/mol. The van der Waals surface area contributed by atoms with Crippen molar-refractivity contribution in [3.63, 3.8) is 0 Å². The Labute approximate surface area is 103 Å². The molecule has 0 amide bonds. The van der Waals surface area contributed by atoms with Crippen LogP contribution in [-0.2, 0) is 4.79 Å². The number of ketones is 1. The van der Waals surface area contributed by atoms with Gasteiger partial charge in [0.25, 0.3) is 0 Å². The second kappa shape index (κ2) is 6.94. The highest BCUT2D eigenvalue weighted by Crippen LogP contribution is 2.20. The number of benzene rings is 1. The van der Waals surface area contributed by atoms with Crippen LogP contribution < -0.4 is 9.64 Å². The van der Waals surface area contributed by atoms with E-state index in [1.165, 1.54) is 0 Å². The van der Waals surface area contributed by atoms with Crippen LogP contribution in [0.4, 0.5) is 5.69 Å². The predicted molar refractivity (Wildman–Crippen MR) is 70.8 cm³/mol. The minimum Gasteiger partial charge on any atom is -0.497 e. The topological polar surface area (TPSA) is 29.5 Å². The molecular formula is C14H21NO2. The average molecular weight is 235 g/mol. The molecule has 0 radical (unpaired) electrons. The van der Waals surface area contributed by atoms with Gasteiger partial charge in [-0.25, -0.2) is 0 Å². The van der Waals surface area contributed by atoms with E-state index >= 15 is 0 Å². The summed E-state index contributed by atoms with van der Waals surface area (Å²) in [6, 6.07) is 8.01. The smallest absolute Gasteiger partial charge is 0.129 e. The lowest BCUT2D eigenvalue weighted by Gasteiger charge is -2.19. The van der Waals surface area contributed by atoms with Gasteiger partial charge in [0.15, 0.2) is 0 Å². The lowest BCUT2D eigenvalue weighted by molar-refractivity contribution is -0.117. The van der Waals surface area contributed by atoms with E-state index in [2.05, 4.69) is 18.0 Å². The molecule has 1 aromatic carbocycles. The first kappa shape index (κ1) is 13.6. The molecule has 0 unspecified atom stereocenters. The molecule has 0 saturated heterocycles. The zero-order valence-electron chi connectivity index (χ0n) is 10.9. The Morgan fingerprint density at radius 1 is 1.35 bits per heavy atom. The number of hydrogen-bond donors (Lipinski definition) is 0. The molecule has 0 atom stereocenters. The average Bonchev–Trinajstić information content (AvgIpc) is 2.34. The van der Waals surface area contributed by atoms with Crippen LogP contribution in [0.5, 0.6) is 5.75 Å². The highest BCUT2D eigenvalue weighted by molar-refractivity contribution is 5.75. The number of anilines is 1. The van der Waals surface area contributed by atoms with Gasteiger partial charge < -0.3 is 14.4 Å². The molecule has 1 rings (SSSR count). The van der Waals surface area contributed by atoms with Gasteiger partial charge in [0, 0.05) is 31.8 Å². The van der Waals surface area contributed by atoms with E-state index in [0.717, 1.165) is 30.8 Å². The third-order valence-corrected chi connectivity index (χ3v) is 2.77. The fourth-order valence-corrected chi connectivity index (χ4v) is 1.70. The first-order valence-electron chi connectivity index (χ1n) is 5.98. The fourth-order valence-electron chi connectivity index (χ4n) is 1.70. The number of nitrogens with zero attached hydrogens (tertiary/aromatic N) is 1. The van der Waals surface area contributed by atoms with Crippen LogP contribution in [0.15, 0.2) is 24.3 Å². The van der Waals surface area contributed by atoms with Crippen molar-refractivity contribution in [2.24, 2.45) is 0 Å². The van der Waals surface area contributed by atoms with Crippen LogP contribution in [0.1, 0.15) is 26.2 Å². The Kier molecular flexibility index (Phi) is 5.53. The molecule has 17 heavy (non-hydrogen) atoms. The summed E-state index contributed by atoms with van der Waals surface area (Å²) >= 11 is 0. The molecule has 0 aliphatic heterocycles. The zero-order chi connectivity index (χ0) is 12.7. The SMILES string of the molecule is COc1cccc(N(C)CCCCC(C)=O)c1. The van der Waals surface area contributed by atoms with Crippen molar-refractivity contribution in [1.82, 2.24) is 0 Å². The van der Waals surface area contributed by atoms with E-state index in [-0.39, 0.29) is 5.78 Å². The van der Waals surface area contributed by atoms with Crippen LogP contribution in [-0.4, -0.2) is 26.5 Å². The summed E-state index contributed by atoms with van der Waals surface area (Å²) in [7, 11) is 3.73. The summed E-state index contributed by atoms with van der Waals surface area (Å²) in [5.41, 5.74) is 1.15. The molecule has 0 fully saturated rings. The number of hydrogen-bond acceptors (Lipinski definition) is 3. The van der Waals surface area contributed by atoms with E-state index in [0.29, 0.717) is 6.42 Å². The van der Waals surface area contributed by atoms with E-state index in [1.807, 2.05) is 18.2 Å². The largest absolute Gasteiger partial charge is 0.497 e. The normalized spacial score (nSPS) is 10.1. The van der Waals surface area contributed by atoms with Crippen molar-refractivity contribution < 1.29 is 9.53 Å². The number of methoxy groups -OCH3 is 1. The number of unbranched alkanes of at least 4 members (excludes halogenated alkanes) is 1. The molecule has 0 aliphatic carbocycles. The molecule has 0 N–H and O–H groups in total. The van der Waals surface area contributed by atoms with Crippen molar-refractivity contribution in [2.45, 2.75) is 26.2 Å². The fraction of sp³-hybridized carbons (Fsp3) is 0.500. The summed E-state index contributed by atoms with van der Waals surface area (Å²) in [5.74, 6) is 1.15. The molecule has 0 spiro atoms. The lowest BCUT2D eigenvalue weighted by atomic mass is 10.2. The second-order valence-electron chi connectivity index (χ2n) is 4.28. The first-order valence-corrected chi connectivity index (χ1v) is 5.98. The van der Waals surface area contributed by atoms with Gasteiger partial charge in [0.1, 0.15) is 11.5 Å². The Morgan fingerprint density at radius 2 is 2.12 bits per heavy atom. The van der Waals surface area contributed by atoms with Gasteiger partial charge >= 0.3 is 0 Å². The van der Waals surface area contributed by atoms with Crippen LogP contribution in [0.25, 0.3) is 0 Å². The summed E-state index contributed by atoms with van der Waals surface area (Å²) in [6.07, 6.45) is 2.68. The van der Waals surface area contributed by atoms with Crippen molar-refractivity contribution in [3.8, 4) is 5.75 Å². The van der Waals surface area contributed by atoms with E-state index in [4.69, 9.17) is 4.74 Å². The Balaban J connectivity index is 2.40. The molecule has 1 aromatic rings. The predicted octanol–water partition coefficient (Wildman–Crippen LogP) is 2.89. The van der Waals surface area contributed by atoms with Crippen molar-refractivity contribution >= 4 is 11.5 Å². The lowest BCUT2D eigenvalue weighted by Crippen LogP contribution is -2.18. The maximum Gasteiger partial charge on any atom is 0.129 e. The Hall–Kier alpha value is -1.51. The maximum atomic E-state index is 10.8. The second-order valence-corrected chi connectivity index (χ2v) is 4.28. The number of carbonyl (C=O) groups excluding carboxylic acids is 1. The van der Waals surface area contributed by atoms with Gasteiger partial charge in [-0.05, 0) is 31.9 Å². The van der Waals surface area contributed by atoms with Crippen LogP contribution in [0.3, 0.4) is 0 Å². The highest BCUT2D eigenvalue weighted by Gasteiger charge is 2.02. The number of Topliss-reactive ketones (excluding diaryl/α,β-unsaturated/α-hetero) is 1. The van der Waals surface area contributed by atoms with E-state index in [9.17, 15) is 4.79 Å². The molecule has 0 aromatic heterocycles. The minimum absolute atomic E-state index is 0.272. The zero-order valence-corrected chi connectivity index (χ0v) is 10.9. The van der Waals surface area contributed by atoms with Crippen molar-refractivity contribution in [1.29, 1.82) is 0 Å². The van der Waals surface area contributed by atoms with Crippen LogP contribution in [0.2, 0.25) is 0 Å². The number of rotatable bonds is 7. The Morgan fingerprint density at radius 3 is 2.76 bits per heavy atom. The van der Waals surface area contributed by atoms with Crippen molar-refractivity contribution in [2.75, 3.05) is 25.6 Å². The summed E-state index contributed by atoms with van der Waals surface area (Å²) in [4.78, 5) is 13.0. The quantitative estimate of drug-likeness (QED) is 0.681. The Bertz CT molecular complexity index is 363. The first-order chi connectivity index (χ1) is 8.13. The van der Waals surface area contributed by atoms with Gasteiger partial charge in [0.05, 0.1) is 7.11 Å². The van der Waals surface area contributed by atoms with E-state index < -0.39 is 0 Å². The molecule has 3 heteroatoms. The van der Waals surface area contributed by atoms with Gasteiger partial charge in [-0.2, -0.15) is 0 Å². The van der Waals surface area contributed by atoms with Gasteiger partial charge in [-0.1, -0.05) is 6.07 Å². The van der Waals surface area contributed by atoms with Gasteiger partial charge in [-0.15, -0.1) is 0 Å². The minimum atomic E-state index is 0.272.